The fraction of sp³-hybridized carbons (Fsp3) is 0.350. The molecule has 0 aliphatic heterocycles. The number of carboxylic acid groups (broad SMARTS) is 1. The van der Waals surface area contributed by atoms with Crippen LogP contribution in [0, 0.1) is 0 Å². The molecule has 0 spiro atoms. The maximum absolute atomic E-state index is 10.2. The van der Waals surface area contributed by atoms with E-state index < -0.39 is 5.97 Å². The molecule has 2 aromatic rings. The van der Waals surface area contributed by atoms with Gasteiger partial charge < -0.3 is 20.3 Å². The lowest BCUT2D eigenvalue weighted by Gasteiger charge is -2.00. The number of benzene rings is 2. The number of methoxy groups -OCH3 is 2. The van der Waals surface area contributed by atoms with Gasteiger partial charge in [-0.2, -0.15) is 0 Å². The minimum absolute atomic E-state index is 0.212. The predicted octanol–water partition coefficient (Wildman–Crippen LogP) is 3.16. The molecule has 0 aromatic heterocycles. The molecule has 0 radical (unpaired) electrons. The third-order valence-electron chi connectivity index (χ3n) is 3.06. The Hall–Kier alpha value is -2.37. The SMILES string of the molecule is COC.COc1ccc(CCN)cc1.O=C(O)CCc1ccccc1. The number of hydrogen-bond acceptors (Lipinski definition) is 4. The molecule has 3 N–H and O–H groups in total. The van der Waals surface area contributed by atoms with Crippen LogP contribution in [0.25, 0.3) is 0 Å². The van der Waals surface area contributed by atoms with Crippen LogP contribution in [0.15, 0.2) is 54.6 Å². The van der Waals surface area contributed by atoms with E-state index in [0.29, 0.717) is 13.0 Å². The Kier molecular flexibility index (Phi) is 13.7. The quantitative estimate of drug-likeness (QED) is 0.839. The van der Waals surface area contributed by atoms with Gasteiger partial charge >= 0.3 is 5.97 Å². The average molecular weight is 347 g/mol. The van der Waals surface area contributed by atoms with Crippen LogP contribution in [0.4, 0.5) is 0 Å². The standard InChI is InChI=1S/C9H13NO.C9H10O2.C2H6O/c1-11-9-4-2-8(3-5-9)6-7-10;10-9(11)7-6-8-4-2-1-3-5-8;1-3-2/h2-5H,6-7,10H2,1H3;1-5H,6-7H2,(H,10,11);1-2H3. The molecule has 5 heteroatoms. The summed E-state index contributed by atoms with van der Waals surface area (Å²) in [6.45, 7) is 0.701. The van der Waals surface area contributed by atoms with E-state index in [1.807, 2.05) is 54.6 Å². The lowest BCUT2D eigenvalue weighted by molar-refractivity contribution is -0.136. The van der Waals surface area contributed by atoms with E-state index in [0.717, 1.165) is 17.7 Å². The van der Waals surface area contributed by atoms with E-state index in [1.165, 1.54) is 5.56 Å². The lowest BCUT2D eigenvalue weighted by Crippen LogP contribution is -2.02. The Labute approximate surface area is 150 Å². The van der Waals surface area contributed by atoms with Crippen LogP contribution in [0.2, 0.25) is 0 Å². The summed E-state index contributed by atoms with van der Waals surface area (Å²) < 4.78 is 9.27. The smallest absolute Gasteiger partial charge is 0.303 e. The Morgan fingerprint density at radius 3 is 1.88 bits per heavy atom. The van der Waals surface area contributed by atoms with Gasteiger partial charge in [0.2, 0.25) is 0 Å². The molecular formula is C20H29NO4. The first-order valence-electron chi connectivity index (χ1n) is 8.06. The summed E-state index contributed by atoms with van der Waals surface area (Å²) in [6.07, 6.45) is 1.77. The molecular weight excluding hydrogens is 318 g/mol. The molecule has 25 heavy (non-hydrogen) atoms. The van der Waals surface area contributed by atoms with Crippen LogP contribution in [0.5, 0.6) is 5.75 Å². The van der Waals surface area contributed by atoms with Crippen LogP contribution in [-0.4, -0.2) is 38.9 Å². The first-order valence-corrected chi connectivity index (χ1v) is 8.06. The van der Waals surface area contributed by atoms with Crippen molar-refractivity contribution in [3.63, 3.8) is 0 Å². The van der Waals surface area contributed by atoms with Crippen LogP contribution < -0.4 is 10.5 Å². The summed E-state index contributed by atoms with van der Waals surface area (Å²) in [6, 6.07) is 17.6. The normalized spacial score (nSPS) is 9.12. The van der Waals surface area contributed by atoms with Gasteiger partial charge in [0.25, 0.3) is 0 Å². The number of ether oxygens (including phenoxy) is 2. The number of aryl methyl sites for hydroxylation is 1. The molecule has 2 rings (SSSR count). The summed E-state index contributed by atoms with van der Waals surface area (Å²) >= 11 is 0. The zero-order valence-electron chi connectivity index (χ0n) is 15.3. The number of carbonyl (C=O) groups is 1. The predicted molar refractivity (Wildman–Crippen MR) is 101 cm³/mol. The van der Waals surface area contributed by atoms with Crippen molar-refractivity contribution in [3.05, 3.63) is 65.7 Å². The Morgan fingerprint density at radius 2 is 1.44 bits per heavy atom. The van der Waals surface area contributed by atoms with E-state index in [2.05, 4.69) is 4.74 Å². The molecule has 0 amide bonds. The molecule has 138 valence electrons. The first kappa shape index (κ1) is 22.6. The van der Waals surface area contributed by atoms with Gasteiger partial charge in [-0.3, -0.25) is 4.79 Å². The van der Waals surface area contributed by atoms with E-state index in [9.17, 15) is 4.79 Å². The van der Waals surface area contributed by atoms with Crippen molar-refractivity contribution in [2.45, 2.75) is 19.3 Å². The van der Waals surface area contributed by atoms with Crippen LogP contribution in [-0.2, 0) is 22.4 Å². The molecule has 0 saturated heterocycles. The topological polar surface area (TPSA) is 81.8 Å². The zero-order chi connectivity index (χ0) is 18.9. The molecule has 0 fully saturated rings. The third kappa shape index (κ3) is 12.7. The maximum atomic E-state index is 10.2. The monoisotopic (exact) mass is 347 g/mol. The van der Waals surface area contributed by atoms with Gasteiger partial charge in [-0.1, -0.05) is 42.5 Å². The Morgan fingerprint density at radius 1 is 0.920 bits per heavy atom. The number of rotatable bonds is 6. The second kappa shape index (κ2) is 15.2. The molecule has 0 atom stereocenters. The van der Waals surface area contributed by atoms with E-state index in [-0.39, 0.29) is 6.42 Å². The molecule has 0 unspecified atom stereocenters. The van der Waals surface area contributed by atoms with E-state index in [4.69, 9.17) is 15.6 Å². The molecule has 2 aromatic carbocycles. The maximum Gasteiger partial charge on any atom is 0.303 e. The number of carboxylic acids is 1. The Bertz CT molecular complexity index is 556. The van der Waals surface area contributed by atoms with Gasteiger partial charge in [0.15, 0.2) is 0 Å². The van der Waals surface area contributed by atoms with Crippen molar-refractivity contribution in [1.82, 2.24) is 0 Å². The van der Waals surface area contributed by atoms with Gasteiger partial charge in [-0.15, -0.1) is 0 Å². The van der Waals surface area contributed by atoms with Crippen molar-refractivity contribution in [2.75, 3.05) is 27.9 Å². The van der Waals surface area contributed by atoms with Crippen LogP contribution in [0.1, 0.15) is 17.5 Å². The fourth-order valence-corrected chi connectivity index (χ4v) is 1.85. The van der Waals surface area contributed by atoms with Gasteiger partial charge in [-0.05, 0) is 42.6 Å². The summed E-state index contributed by atoms with van der Waals surface area (Å²) in [4.78, 5) is 10.2. The van der Waals surface area contributed by atoms with Crippen molar-refractivity contribution in [1.29, 1.82) is 0 Å². The van der Waals surface area contributed by atoms with Crippen molar-refractivity contribution >= 4 is 5.97 Å². The third-order valence-corrected chi connectivity index (χ3v) is 3.06. The molecule has 5 nitrogen and oxygen atoms in total. The molecule has 0 aliphatic carbocycles. The van der Waals surface area contributed by atoms with Gasteiger partial charge in [0.05, 0.1) is 7.11 Å². The highest BCUT2D eigenvalue weighted by atomic mass is 16.5. The molecule has 0 bridgehead atoms. The van der Waals surface area contributed by atoms with Crippen molar-refractivity contribution in [3.8, 4) is 5.75 Å². The number of hydrogen-bond donors (Lipinski definition) is 2. The average Bonchev–Trinajstić information content (AvgIpc) is 2.63. The highest BCUT2D eigenvalue weighted by Gasteiger charge is 1.96. The van der Waals surface area contributed by atoms with Gasteiger partial charge in [-0.25, -0.2) is 0 Å². The minimum atomic E-state index is -0.742. The highest BCUT2D eigenvalue weighted by Crippen LogP contribution is 2.10. The van der Waals surface area contributed by atoms with Crippen molar-refractivity contribution < 1.29 is 19.4 Å². The van der Waals surface area contributed by atoms with Gasteiger partial charge in [0, 0.05) is 20.6 Å². The van der Waals surface area contributed by atoms with Crippen LogP contribution in [0.3, 0.4) is 0 Å². The summed E-state index contributed by atoms with van der Waals surface area (Å²) in [5, 5.41) is 8.37. The highest BCUT2D eigenvalue weighted by molar-refractivity contribution is 5.67. The summed E-state index contributed by atoms with van der Waals surface area (Å²) in [5.74, 6) is 0.152. The Balaban J connectivity index is 0.000000399. The molecule has 0 saturated carbocycles. The van der Waals surface area contributed by atoms with Gasteiger partial charge in [0.1, 0.15) is 5.75 Å². The fourth-order valence-electron chi connectivity index (χ4n) is 1.85. The van der Waals surface area contributed by atoms with E-state index >= 15 is 0 Å². The molecule has 0 heterocycles. The zero-order valence-corrected chi connectivity index (χ0v) is 15.3. The van der Waals surface area contributed by atoms with E-state index in [1.54, 1.807) is 21.3 Å². The summed E-state index contributed by atoms with van der Waals surface area (Å²) in [5.41, 5.74) is 7.74. The minimum Gasteiger partial charge on any atom is -0.497 e. The molecule has 0 aliphatic rings. The number of aliphatic carboxylic acids is 1. The summed E-state index contributed by atoms with van der Waals surface area (Å²) in [7, 11) is 4.91. The van der Waals surface area contributed by atoms with Crippen molar-refractivity contribution in [2.24, 2.45) is 5.73 Å². The number of nitrogens with two attached hydrogens (primary N) is 1. The second-order valence-corrected chi connectivity index (χ2v) is 5.17. The first-order chi connectivity index (χ1) is 12.1. The lowest BCUT2D eigenvalue weighted by atomic mass is 10.1. The van der Waals surface area contributed by atoms with Crippen LogP contribution >= 0.6 is 0 Å². The second-order valence-electron chi connectivity index (χ2n) is 5.17. The largest absolute Gasteiger partial charge is 0.497 e.